The summed E-state index contributed by atoms with van der Waals surface area (Å²) in [4.78, 5) is 0. The lowest BCUT2D eigenvalue weighted by Crippen LogP contribution is -2.32. The van der Waals surface area contributed by atoms with E-state index >= 15 is 0 Å². The number of hydrogen-bond acceptors (Lipinski definition) is 1. The molecule has 0 aromatic rings. The number of rotatable bonds is 5. The lowest BCUT2D eigenvalue weighted by molar-refractivity contribution is -0.133. The van der Waals surface area contributed by atoms with E-state index < -0.39 is 12.6 Å². The smallest absolute Gasteiger partial charge is 0.312 e. The third kappa shape index (κ3) is 6.73. The first kappa shape index (κ1) is 12.0. The highest BCUT2D eigenvalue weighted by Crippen LogP contribution is 2.18. The standard InChI is InChI=1S/C7H13ClF3N/c1-2-6(5-8)12-4-3-7(9,10)11/h6,12H,2-5H2,1H3. The molecule has 0 aromatic carbocycles. The van der Waals surface area contributed by atoms with Gasteiger partial charge in [-0.15, -0.1) is 11.6 Å². The largest absolute Gasteiger partial charge is 0.390 e. The third-order valence-corrected chi connectivity index (χ3v) is 1.89. The molecule has 12 heavy (non-hydrogen) atoms. The van der Waals surface area contributed by atoms with Crippen molar-refractivity contribution in [1.29, 1.82) is 0 Å². The van der Waals surface area contributed by atoms with Gasteiger partial charge in [0, 0.05) is 18.5 Å². The van der Waals surface area contributed by atoms with Crippen LogP contribution in [0.1, 0.15) is 19.8 Å². The Bertz CT molecular complexity index is 112. The molecule has 1 N–H and O–H groups in total. The number of nitrogens with one attached hydrogen (secondary N) is 1. The molecule has 1 nitrogen and oxygen atoms in total. The number of halogens is 4. The molecule has 0 aromatic heterocycles. The molecular weight excluding hydrogens is 191 g/mol. The van der Waals surface area contributed by atoms with Crippen LogP contribution < -0.4 is 5.32 Å². The summed E-state index contributed by atoms with van der Waals surface area (Å²) < 4.78 is 34.9. The molecule has 0 rings (SSSR count). The van der Waals surface area contributed by atoms with E-state index in [1.807, 2.05) is 6.92 Å². The Morgan fingerprint density at radius 2 is 2.00 bits per heavy atom. The van der Waals surface area contributed by atoms with Crippen LogP contribution in [0.2, 0.25) is 0 Å². The Balaban J connectivity index is 3.41. The monoisotopic (exact) mass is 203 g/mol. The van der Waals surface area contributed by atoms with Crippen molar-refractivity contribution >= 4 is 11.6 Å². The highest BCUT2D eigenvalue weighted by atomic mass is 35.5. The quantitative estimate of drug-likeness (QED) is 0.678. The molecule has 0 aliphatic rings. The second kappa shape index (κ2) is 5.65. The highest BCUT2D eigenvalue weighted by molar-refractivity contribution is 6.18. The maximum atomic E-state index is 11.6. The van der Waals surface area contributed by atoms with Gasteiger partial charge in [-0.1, -0.05) is 6.92 Å². The molecule has 0 radical (unpaired) electrons. The van der Waals surface area contributed by atoms with E-state index in [1.54, 1.807) is 0 Å². The molecule has 1 atom stereocenters. The molecule has 1 unspecified atom stereocenters. The van der Waals surface area contributed by atoms with E-state index in [1.165, 1.54) is 0 Å². The number of hydrogen-bond donors (Lipinski definition) is 1. The van der Waals surface area contributed by atoms with E-state index in [9.17, 15) is 13.2 Å². The van der Waals surface area contributed by atoms with Gasteiger partial charge in [-0.2, -0.15) is 13.2 Å². The molecule has 0 aliphatic carbocycles. The first-order valence-electron chi connectivity index (χ1n) is 3.85. The maximum Gasteiger partial charge on any atom is 0.390 e. The van der Waals surface area contributed by atoms with Gasteiger partial charge in [-0.05, 0) is 6.42 Å². The molecule has 5 heteroatoms. The first-order valence-corrected chi connectivity index (χ1v) is 4.39. The maximum absolute atomic E-state index is 11.6. The van der Waals surface area contributed by atoms with Crippen LogP contribution in [0.5, 0.6) is 0 Å². The van der Waals surface area contributed by atoms with Crippen molar-refractivity contribution in [1.82, 2.24) is 5.32 Å². The minimum Gasteiger partial charge on any atom is -0.312 e. The third-order valence-electron chi connectivity index (χ3n) is 1.52. The van der Waals surface area contributed by atoms with Gasteiger partial charge in [0.2, 0.25) is 0 Å². The zero-order valence-electron chi connectivity index (χ0n) is 6.92. The molecule has 0 spiro atoms. The summed E-state index contributed by atoms with van der Waals surface area (Å²) in [5.74, 6) is 0.356. The molecule has 74 valence electrons. The fourth-order valence-electron chi connectivity index (χ4n) is 0.726. The molecule has 0 bridgehead atoms. The van der Waals surface area contributed by atoms with Gasteiger partial charge in [-0.3, -0.25) is 0 Å². The van der Waals surface area contributed by atoms with Crippen molar-refractivity contribution in [2.75, 3.05) is 12.4 Å². The van der Waals surface area contributed by atoms with Crippen molar-refractivity contribution in [3.8, 4) is 0 Å². The Kier molecular flexibility index (Phi) is 5.66. The lowest BCUT2D eigenvalue weighted by atomic mass is 10.2. The fraction of sp³-hybridized carbons (Fsp3) is 1.00. The second-order valence-electron chi connectivity index (χ2n) is 2.58. The SMILES string of the molecule is CCC(CCl)NCCC(F)(F)F. The van der Waals surface area contributed by atoms with Gasteiger partial charge < -0.3 is 5.32 Å². The first-order chi connectivity index (χ1) is 5.49. The van der Waals surface area contributed by atoms with Gasteiger partial charge >= 0.3 is 6.18 Å². The predicted octanol–water partition coefficient (Wildman–Crippen LogP) is 2.55. The Morgan fingerprint density at radius 1 is 1.42 bits per heavy atom. The molecule has 0 fully saturated rings. The Hall–Kier alpha value is 0.0400. The zero-order chi connectivity index (χ0) is 9.61. The van der Waals surface area contributed by atoms with E-state index in [0.29, 0.717) is 5.88 Å². The zero-order valence-corrected chi connectivity index (χ0v) is 7.67. The molecule has 0 saturated heterocycles. The second-order valence-corrected chi connectivity index (χ2v) is 2.89. The van der Waals surface area contributed by atoms with Crippen molar-refractivity contribution in [2.45, 2.75) is 32.0 Å². The van der Waals surface area contributed by atoms with Crippen molar-refractivity contribution in [2.24, 2.45) is 0 Å². The van der Waals surface area contributed by atoms with Crippen LogP contribution in [0, 0.1) is 0 Å². The topological polar surface area (TPSA) is 12.0 Å². The number of alkyl halides is 4. The van der Waals surface area contributed by atoms with Crippen LogP contribution in [-0.2, 0) is 0 Å². The van der Waals surface area contributed by atoms with Gasteiger partial charge in [0.05, 0.1) is 6.42 Å². The summed E-state index contributed by atoms with van der Waals surface area (Å²) >= 11 is 5.47. The summed E-state index contributed by atoms with van der Waals surface area (Å²) in [5, 5.41) is 2.72. The fourth-order valence-corrected chi connectivity index (χ4v) is 1.05. The van der Waals surface area contributed by atoms with Gasteiger partial charge in [0.25, 0.3) is 0 Å². The van der Waals surface area contributed by atoms with Gasteiger partial charge in [-0.25, -0.2) is 0 Å². The molecule has 0 heterocycles. The van der Waals surface area contributed by atoms with Crippen LogP contribution in [0.15, 0.2) is 0 Å². The molecule has 0 saturated carbocycles. The summed E-state index contributed by atoms with van der Waals surface area (Å²) in [6.07, 6.45) is -4.11. The lowest BCUT2D eigenvalue weighted by Gasteiger charge is -2.14. The average molecular weight is 204 g/mol. The normalized spacial score (nSPS) is 14.8. The van der Waals surface area contributed by atoms with E-state index in [2.05, 4.69) is 5.32 Å². The average Bonchev–Trinajstić information content (AvgIpc) is 1.96. The molecule has 0 aliphatic heterocycles. The van der Waals surface area contributed by atoms with E-state index in [4.69, 9.17) is 11.6 Å². The summed E-state index contributed by atoms with van der Waals surface area (Å²) in [6.45, 7) is 1.84. The van der Waals surface area contributed by atoms with Gasteiger partial charge in [0.1, 0.15) is 0 Å². The van der Waals surface area contributed by atoms with Crippen LogP contribution >= 0.6 is 11.6 Å². The van der Waals surface area contributed by atoms with Crippen LogP contribution in [0.4, 0.5) is 13.2 Å². The minimum atomic E-state index is -4.07. The van der Waals surface area contributed by atoms with Crippen molar-refractivity contribution in [3.05, 3.63) is 0 Å². The summed E-state index contributed by atoms with van der Waals surface area (Å²) in [6, 6.07) is -0.00554. The van der Waals surface area contributed by atoms with Crippen molar-refractivity contribution < 1.29 is 13.2 Å². The van der Waals surface area contributed by atoms with E-state index in [-0.39, 0.29) is 12.6 Å². The summed E-state index contributed by atoms with van der Waals surface area (Å²) in [7, 11) is 0. The van der Waals surface area contributed by atoms with Crippen LogP contribution in [-0.4, -0.2) is 24.6 Å². The van der Waals surface area contributed by atoms with Crippen LogP contribution in [0.3, 0.4) is 0 Å². The summed E-state index contributed by atoms with van der Waals surface area (Å²) in [5.41, 5.74) is 0. The van der Waals surface area contributed by atoms with Crippen LogP contribution in [0.25, 0.3) is 0 Å². The Morgan fingerprint density at radius 3 is 2.33 bits per heavy atom. The van der Waals surface area contributed by atoms with E-state index in [0.717, 1.165) is 6.42 Å². The highest BCUT2D eigenvalue weighted by Gasteiger charge is 2.26. The minimum absolute atomic E-state index is 0.00554. The molecule has 0 amide bonds. The Labute approximate surface area is 75.3 Å². The molecular formula is C7H13ClF3N. The predicted molar refractivity (Wildman–Crippen MR) is 43.5 cm³/mol. The van der Waals surface area contributed by atoms with Gasteiger partial charge in [0.15, 0.2) is 0 Å². The van der Waals surface area contributed by atoms with Crippen molar-refractivity contribution in [3.63, 3.8) is 0 Å².